The van der Waals surface area contributed by atoms with Gasteiger partial charge in [0, 0.05) is 29.7 Å². The van der Waals surface area contributed by atoms with Gasteiger partial charge in [0.2, 0.25) is 0 Å². The van der Waals surface area contributed by atoms with Crippen molar-refractivity contribution in [3.8, 4) is 6.07 Å². The van der Waals surface area contributed by atoms with Gasteiger partial charge in [0.15, 0.2) is 0 Å². The van der Waals surface area contributed by atoms with Gasteiger partial charge in [-0.05, 0) is 18.2 Å². The third kappa shape index (κ3) is 1.25. The zero-order valence-corrected chi connectivity index (χ0v) is 7.79. The summed E-state index contributed by atoms with van der Waals surface area (Å²) in [6, 6.07) is 7.01. The van der Waals surface area contributed by atoms with Gasteiger partial charge in [-0.1, -0.05) is 0 Å². The van der Waals surface area contributed by atoms with E-state index >= 15 is 0 Å². The molecular weight excluding hydrogens is 179 g/mol. The van der Waals surface area contributed by atoms with Crippen molar-refractivity contribution in [2.75, 3.05) is 0 Å². The summed E-state index contributed by atoms with van der Waals surface area (Å²) in [7, 11) is 1.90. The van der Waals surface area contributed by atoms with Crippen LogP contribution in [0.3, 0.4) is 0 Å². The molecule has 0 spiro atoms. The maximum absolute atomic E-state index is 13.4. The SMILES string of the molecule is Cn1ccc2cc(F)c(CC#N)cc21. The molecule has 0 saturated heterocycles. The maximum atomic E-state index is 13.4. The first-order valence-corrected chi connectivity index (χ1v) is 4.33. The van der Waals surface area contributed by atoms with Gasteiger partial charge in [0.1, 0.15) is 5.82 Å². The number of benzene rings is 1. The van der Waals surface area contributed by atoms with Crippen LogP contribution in [0.1, 0.15) is 5.56 Å². The van der Waals surface area contributed by atoms with Crippen LogP contribution in [-0.4, -0.2) is 4.57 Å². The minimum absolute atomic E-state index is 0.118. The van der Waals surface area contributed by atoms with Gasteiger partial charge >= 0.3 is 0 Å². The van der Waals surface area contributed by atoms with E-state index in [-0.39, 0.29) is 12.2 Å². The van der Waals surface area contributed by atoms with E-state index in [4.69, 9.17) is 5.26 Å². The highest BCUT2D eigenvalue weighted by Crippen LogP contribution is 2.19. The zero-order valence-electron chi connectivity index (χ0n) is 7.79. The molecule has 0 atom stereocenters. The van der Waals surface area contributed by atoms with E-state index in [0.29, 0.717) is 5.56 Å². The molecule has 1 aromatic carbocycles. The van der Waals surface area contributed by atoms with Crippen molar-refractivity contribution in [3.63, 3.8) is 0 Å². The molecule has 2 aromatic rings. The Balaban J connectivity index is 2.69. The number of hydrogen-bond acceptors (Lipinski definition) is 1. The lowest BCUT2D eigenvalue weighted by Gasteiger charge is -2.00. The summed E-state index contributed by atoms with van der Waals surface area (Å²) >= 11 is 0. The summed E-state index contributed by atoms with van der Waals surface area (Å²) in [5, 5.41) is 9.38. The molecule has 0 radical (unpaired) electrons. The minimum atomic E-state index is -0.301. The Bertz CT molecular complexity index is 520. The van der Waals surface area contributed by atoms with Gasteiger partial charge in [0.05, 0.1) is 12.5 Å². The van der Waals surface area contributed by atoms with E-state index in [1.807, 2.05) is 29.9 Å². The highest BCUT2D eigenvalue weighted by Gasteiger charge is 2.06. The Hall–Kier alpha value is -1.82. The molecule has 2 nitrogen and oxygen atoms in total. The van der Waals surface area contributed by atoms with Crippen LogP contribution < -0.4 is 0 Å². The van der Waals surface area contributed by atoms with E-state index < -0.39 is 0 Å². The second-order valence-electron chi connectivity index (χ2n) is 3.26. The fourth-order valence-corrected chi connectivity index (χ4v) is 1.55. The van der Waals surface area contributed by atoms with E-state index in [2.05, 4.69) is 0 Å². The van der Waals surface area contributed by atoms with Crippen LogP contribution in [0.2, 0.25) is 0 Å². The van der Waals surface area contributed by atoms with Gasteiger partial charge in [-0.3, -0.25) is 0 Å². The van der Waals surface area contributed by atoms with Crippen molar-refractivity contribution in [1.82, 2.24) is 4.57 Å². The van der Waals surface area contributed by atoms with Crippen molar-refractivity contribution in [2.45, 2.75) is 6.42 Å². The first-order chi connectivity index (χ1) is 6.72. The molecule has 0 N–H and O–H groups in total. The monoisotopic (exact) mass is 188 g/mol. The number of nitrogens with zero attached hydrogens (tertiary/aromatic N) is 2. The maximum Gasteiger partial charge on any atom is 0.128 e. The number of aryl methyl sites for hydroxylation is 1. The Morgan fingerprint density at radius 1 is 1.50 bits per heavy atom. The first-order valence-electron chi connectivity index (χ1n) is 4.33. The second-order valence-corrected chi connectivity index (χ2v) is 3.26. The number of nitriles is 1. The van der Waals surface area contributed by atoms with E-state index in [9.17, 15) is 4.39 Å². The molecule has 14 heavy (non-hydrogen) atoms. The molecule has 0 bridgehead atoms. The van der Waals surface area contributed by atoms with Crippen LogP contribution in [0.5, 0.6) is 0 Å². The lowest BCUT2D eigenvalue weighted by molar-refractivity contribution is 0.617. The third-order valence-corrected chi connectivity index (χ3v) is 2.32. The summed E-state index contributed by atoms with van der Waals surface area (Å²) in [6.45, 7) is 0. The highest BCUT2D eigenvalue weighted by atomic mass is 19.1. The summed E-state index contributed by atoms with van der Waals surface area (Å²) in [4.78, 5) is 0. The van der Waals surface area contributed by atoms with Gasteiger partial charge in [0.25, 0.3) is 0 Å². The topological polar surface area (TPSA) is 28.7 Å². The fourth-order valence-electron chi connectivity index (χ4n) is 1.55. The van der Waals surface area contributed by atoms with Crippen LogP contribution in [-0.2, 0) is 13.5 Å². The molecule has 0 aliphatic rings. The minimum Gasteiger partial charge on any atom is -0.351 e. The van der Waals surface area contributed by atoms with Crippen molar-refractivity contribution in [2.24, 2.45) is 7.05 Å². The van der Waals surface area contributed by atoms with E-state index in [1.54, 1.807) is 6.07 Å². The number of hydrogen-bond donors (Lipinski definition) is 0. The molecule has 2 rings (SSSR count). The second kappa shape index (κ2) is 3.15. The Morgan fingerprint density at radius 3 is 3.00 bits per heavy atom. The van der Waals surface area contributed by atoms with Crippen molar-refractivity contribution < 1.29 is 4.39 Å². The van der Waals surface area contributed by atoms with Crippen LogP contribution in [0.4, 0.5) is 4.39 Å². The molecule has 1 heterocycles. The van der Waals surface area contributed by atoms with Crippen molar-refractivity contribution in [1.29, 1.82) is 5.26 Å². The number of halogens is 1. The Labute approximate surface area is 81.2 Å². The molecular formula is C11H9FN2. The summed E-state index contributed by atoms with van der Waals surface area (Å²) in [6.07, 6.45) is 1.99. The largest absolute Gasteiger partial charge is 0.351 e. The molecule has 0 aliphatic carbocycles. The normalized spacial score (nSPS) is 10.4. The average molecular weight is 188 g/mol. The smallest absolute Gasteiger partial charge is 0.128 e. The third-order valence-electron chi connectivity index (χ3n) is 2.32. The Kier molecular flexibility index (Phi) is 1.97. The van der Waals surface area contributed by atoms with Crippen molar-refractivity contribution >= 4 is 10.9 Å². The lowest BCUT2D eigenvalue weighted by Crippen LogP contribution is -1.91. The molecule has 0 saturated carbocycles. The van der Waals surface area contributed by atoms with Crippen LogP contribution in [0.15, 0.2) is 24.4 Å². The predicted octanol–water partition coefficient (Wildman–Crippen LogP) is 2.38. The molecule has 0 fully saturated rings. The number of fused-ring (bicyclic) bond motifs is 1. The molecule has 3 heteroatoms. The first kappa shape index (κ1) is 8.76. The number of aromatic nitrogens is 1. The highest BCUT2D eigenvalue weighted by molar-refractivity contribution is 5.81. The quantitative estimate of drug-likeness (QED) is 0.675. The zero-order chi connectivity index (χ0) is 10.1. The lowest BCUT2D eigenvalue weighted by atomic mass is 10.1. The molecule has 0 aliphatic heterocycles. The van der Waals surface area contributed by atoms with Gasteiger partial charge in [-0.25, -0.2) is 4.39 Å². The fraction of sp³-hybridized carbons (Fsp3) is 0.182. The van der Waals surface area contributed by atoms with Crippen LogP contribution >= 0.6 is 0 Å². The standard InChI is InChI=1S/C11H9FN2/c1-14-5-3-9-6-10(12)8(2-4-13)7-11(9)14/h3,5-7H,2H2,1H3. The molecule has 70 valence electrons. The predicted molar refractivity (Wildman–Crippen MR) is 52.2 cm³/mol. The van der Waals surface area contributed by atoms with Crippen LogP contribution in [0.25, 0.3) is 10.9 Å². The summed E-state index contributed by atoms with van der Waals surface area (Å²) in [5.41, 5.74) is 1.42. The molecule has 1 aromatic heterocycles. The molecule has 0 unspecified atom stereocenters. The van der Waals surface area contributed by atoms with Gasteiger partial charge in [-0.15, -0.1) is 0 Å². The number of rotatable bonds is 1. The Morgan fingerprint density at radius 2 is 2.29 bits per heavy atom. The van der Waals surface area contributed by atoms with Gasteiger partial charge < -0.3 is 4.57 Å². The summed E-state index contributed by atoms with van der Waals surface area (Å²) < 4.78 is 15.3. The molecule has 0 amide bonds. The van der Waals surface area contributed by atoms with E-state index in [1.165, 1.54) is 6.07 Å². The van der Waals surface area contributed by atoms with Crippen LogP contribution in [0, 0.1) is 17.1 Å². The van der Waals surface area contributed by atoms with Gasteiger partial charge in [-0.2, -0.15) is 5.26 Å². The van der Waals surface area contributed by atoms with E-state index in [0.717, 1.165) is 10.9 Å². The summed E-state index contributed by atoms with van der Waals surface area (Å²) in [5.74, 6) is -0.301. The average Bonchev–Trinajstić information content (AvgIpc) is 2.49. The van der Waals surface area contributed by atoms with Crippen molar-refractivity contribution in [3.05, 3.63) is 35.8 Å².